The Morgan fingerprint density at radius 2 is 2.32 bits per heavy atom. The summed E-state index contributed by atoms with van der Waals surface area (Å²) in [5.41, 5.74) is 2.16. The highest BCUT2D eigenvalue weighted by Crippen LogP contribution is 2.15. The van der Waals surface area contributed by atoms with E-state index in [1.165, 1.54) is 5.56 Å². The van der Waals surface area contributed by atoms with Gasteiger partial charge in [-0.1, -0.05) is 12.1 Å². The molecule has 0 aliphatic rings. The second-order valence-electron chi connectivity index (χ2n) is 4.22. The van der Waals surface area contributed by atoms with E-state index in [1.54, 1.807) is 11.0 Å². The van der Waals surface area contributed by atoms with Crippen molar-refractivity contribution in [1.82, 2.24) is 25.5 Å². The fourth-order valence-corrected chi connectivity index (χ4v) is 1.83. The van der Waals surface area contributed by atoms with Crippen molar-refractivity contribution in [2.75, 3.05) is 19.8 Å². The highest BCUT2D eigenvalue weighted by molar-refractivity contribution is 5.35. The SMILES string of the molecule is CCOCCNC(C)c1cccc(-n2cnnn2)c1. The van der Waals surface area contributed by atoms with Crippen LogP contribution in [0.25, 0.3) is 5.69 Å². The summed E-state index contributed by atoms with van der Waals surface area (Å²) in [4.78, 5) is 0. The Labute approximate surface area is 112 Å². The van der Waals surface area contributed by atoms with Crippen molar-refractivity contribution in [2.24, 2.45) is 0 Å². The van der Waals surface area contributed by atoms with Crippen LogP contribution in [0.1, 0.15) is 25.5 Å². The van der Waals surface area contributed by atoms with Crippen molar-refractivity contribution >= 4 is 0 Å². The molecule has 0 fully saturated rings. The fourth-order valence-electron chi connectivity index (χ4n) is 1.83. The number of benzene rings is 1. The molecule has 1 unspecified atom stereocenters. The molecule has 0 bridgehead atoms. The standard InChI is InChI=1S/C13H19N5O/c1-3-19-8-7-14-11(2)12-5-4-6-13(9-12)18-10-15-16-17-18/h4-6,9-11,14H,3,7-8H2,1-2H3. The van der Waals surface area contributed by atoms with Gasteiger partial charge < -0.3 is 10.1 Å². The second kappa shape index (κ2) is 6.96. The molecule has 1 heterocycles. The first-order chi connectivity index (χ1) is 9.31. The molecule has 6 heteroatoms. The minimum atomic E-state index is 0.261. The topological polar surface area (TPSA) is 64.9 Å². The quantitative estimate of drug-likeness (QED) is 0.762. The summed E-state index contributed by atoms with van der Waals surface area (Å²) in [7, 11) is 0. The molecular formula is C13H19N5O. The summed E-state index contributed by atoms with van der Waals surface area (Å²) < 4.78 is 6.96. The first-order valence-corrected chi connectivity index (χ1v) is 6.45. The van der Waals surface area contributed by atoms with Crippen LogP contribution in [0.3, 0.4) is 0 Å². The van der Waals surface area contributed by atoms with E-state index < -0.39 is 0 Å². The van der Waals surface area contributed by atoms with Gasteiger partial charge in [-0.3, -0.25) is 0 Å². The van der Waals surface area contributed by atoms with Gasteiger partial charge in [-0.05, 0) is 42.0 Å². The summed E-state index contributed by atoms with van der Waals surface area (Å²) in [6.07, 6.45) is 1.59. The van der Waals surface area contributed by atoms with Crippen molar-refractivity contribution in [3.8, 4) is 5.69 Å². The van der Waals surface area contributed by atoms with Crippen molar-refractivity contribution in [2.45, 2.75) is 19.9 Å². The van der Waals surface area contributed by atoms with Gasteiger partial charge in [0.15, 0.2) is 0 Å². The van der Waals surface area contributed by atoms with Crippen molar-refractivity contribution in [1.29, 1.82) is 0 Å². The molecule has 0 saturated carbocycles. The van der Waals surface area contributed by atoms with E-state index in [1.807, 2.05) is 19.1 Å². The smallest absolute Gasteiger partial charge is 0.143 e. The Kier molecular flexibility index (Phi) is 5.00. The molecule has 0 amide bonds. The zero-order valence-corrected chi connectivity index (χ0v) is 11.3. The van der Waals surface area contributed by atoms with E-state index in [2.05, 4.69) is 39.9 Å². The molecule has 1 atom stereocenters. The molecule has 6 nitrogen and oxygen atoms in total. The van der Waals surface area contributed by atoms with Crippen molar-refractivity contribution < 1.29 is 4.74 Å². The lowest BCUT2D eigenvalue weighted by atomic mass is 10.1. The average Bonchev–Trinajstić information content (AvgIpc) is 2.98. The average molecular weight is 261 g/mol. The van der Waals surface area contributed by atoms with E-state index in [0.717, 1.165) is 25.4 Å². The largest absolute Gasteiger partial charge is 0.380 e. The van der Waals surface area contributed by atoms with Gasteiger partial charge in [-0.2, -0.15) is 0 Å². The van der Waals surface area contributed by atoms with Crippen molar-refractivity contribution in [3.63, 3.8) is 0 Å². The number of nitrogens with zero attached hydrogens (tertiary/aromatic N) is 4. The van der Waals surface area contributed by atoms with Gasteiger partial charge in [0, 0.05) is 19.2 Å². The molecule has 102 valence electrons. The maximum Gasteiger partial charge on any atom is 0.143 e. The summed E-state index contributed by atoms with van der Waals surface area (Å²) in [5, 5.41) is 14.6. The molecule has 0 aliphatic carbocycles. The molecule has 2 aromatic rings. The van der Waals surface area contributed by atoms with Gasteiger partial charge in [0.05, 0.1) is 12.3 Å². The van der Waals surface area contributed by atoms with Gasteiger partial charge in [0.2, 0.25) is 0 Å². The highest BCUT2D eigenvalue weighted by atomic mass is 16.5. The maximum atomic E-state index is 5.31. The Hall–Kier alpha value is -1.79. The molecular weight excluding hydrogens is 242 g/mol. The summed E-state index contributed by atoms with van der Waals surface area (Å²) in [5.74, 6) is 0. The van der Waals surface area contributed by atoms with E-state index in [4.69, 9.17) is 4.74 Å². The first kappa shape index (κ1) is 13.6. The monoisotopic (exact) mass is 261 g/mol. The van der Waals surface area contributed by atoms with Crippen LogP contribution in [0.5, 0.6) is 0 Å². The van der Waals surface area contributed by atoms with Crippen LogP contribution in [0.2, 0.25) is 0 Å². The second-order valence-corrected chi connectivity index (χ2v) is 4.22. The van der Waals surface area contributed by atoms with Crippen LogP contribution in [-0.4, -0.2) is 40.0 Å². The Bertz CT molecular complexity index is 486. The minimum absolute atomic E-state index is 0.261. The van der Waals surface area contributed by atoms with Gasteiger partial charge in [-0.15, -0.1) is 5.10 Å². The van der Waals surface area contributed by atoms with Crippen LogP contribution in [0, 0.1) is 0 Å². The van der Waals surface area contributed by atoms with E-state index in [-0.39, 0.29) is 6.04 Å². The third-order valence-electron chi connectivity index (χ3n) is 2.88. The molecule has 1 aromatic heterocycles. The number of ether oxygens (including phenoxy) is 1. The normalized spacial score (nSPS) is 12.5. The first-order valence-electron chi connectivity index (χ1n) is 6.45. The van der Waals surface area contributed by atoms with Crippen LogP contribution in [-0.2, 0) is 4.74 Å². The number of tetrazole rings is 1. The molecule has 1 aromatic carbocycles. The van der Waals surface area contributed by atoms with Gasteiger partial charge >= 0.3 is 0 Å². The summed E-state index contributed by atoms with van der Waals surface area (Å²) in [6, 6.07) is 8.41. The lowest BCUT2D eigenvalue weighted by Crippen LogP contribution is -2.23. The Balaban J connectivity index is 1.98. The zero-order chi connectivity index (χ0) is 13.5. The number of aromatic nitrogens is 4. The van der Waals surface area contributed by atoms with E-state index in [9.17, 15) is 0 Å². The number of hydrogen-bond donors (Lipinski definition) is 1. The van der Waals surface area contributed by atoms with Crippen molar-refractivity contribution in [3.05, 3.63) is 36.2 Å². The molecule has 19 heavy (non-hydrogen) atoms. The summed E-state index contributed by atoms with van der Waals surface area (Å²) in [6.45, 7) is 6.45. The fraction of sp³-hybridized carbons (Fsp3) is 0.462. The lowest BCUT2D eigenvalue weighted by molar-refractivity contribution is 0.147. The van der Waals surface area contributed by atoms with Crippen LogP contribution in [0.15, 0.2) is 30.6 Å². The third kappa shape index (κ3) is 3.84. The predicted octanol–water partition coefficient (Wildman–Crippen LogP) is 1.35. The van der Waals surface area contributed by atoms with Gasteiger partial charge in [0.1, 0.15) is 6.33 Å². The van der Waals surface area contributed by atoms with Crippen LogP contribution < -0.4 is 5.32 Å². The van der Waals surface area contributed by atoms with E-state index in [0.29, 0.717) is 0 Å². The maximum absolute atomic E-state index is 5.31. The molecule has 0 saturated heterocycles. The lowest BCUT2D eigenvalue weighted by Gasteiger charge is -2.15. The molecule has 1 N–H and O–H groups in total. The number of nitrogens with one attached hydrogen (secondary N) is 1. The Morgan fingerprint density at radius 3 is 3.05 bits per heavy atom. The van der Waals surface area contributed by atoms with Gasteiger partial charge in [0.25, 0.3) is 0 Å². The van der Waals surface area contributed by atoms with Crippen LogP contribution >= 0.6 is 0 Å². The number of hydrogen-bond acceptors (Lipinski definition) is 5. The molecule has 0 radical (unpaired) electrons. The molecule has 2 rings (SSSR count). The third-order valence-corrected chi connectivity index (χ3v) is 2.88. The molecule has 0 spiro atoms. The highest BCUT2D eigenvalue weighted by Gasteiger charge is 2.06. The van der Waals surface area contributed by atoms with Crippen LogP contribution in [0.4, 0.5) is 0 Å². The summed E-state index contributed by atoms with van der Waals surface area (Å²) >= 11 is 0. The molecule has 0 aliphatic heterocycles. The Morgan fingerprint density at radius 1 is 1.42 bits per heavy atom. The van der Waals surface area contributed by atoms with Gasteiger partial charge in [-0.25, -0.2) is 4.68 Å². The zero-order valence-electron chi connectivity index (χ0n) is 11.3. The van der Waals surface area contributed by atoms with E-state index >= 15 is 0 Å². The predicted molar refractivity (Wildman–Crippen MR) is 72.1 cm³/mol. The minimum Gasteiger partial charge on any atom is -0.380 e. The number of rotatable bonds is 7.